The zero-order valence-electron chi connectivity index (χ0n) is 18.2. The summed E-state index contributed by atoms with van der Waals surface area (Å²) in [7, 11) is 0. The van der Waals surface area contributed by atoms with E-state index >= 15 is 0 Å². The van der Waals surface area contributed by atoms with Crippen LogP contribution in [0.25, 0.3) is 16.8 Å². The zero-order valence-corrected chi connectivity index (χ0v) is 18.2. The van der Waals surface area contributed by atoms with Gasteiger partial charge in [-0.15, -0.1) is 0 Å². The number of piperidine rings is 1. The van der Waals surface area contributed by atoms with Crippen LogP contribution >= 0.6 is 0 Å². The number of aromatic nitrogens is 3. The maximum Gasteiger partial charge on any atom is 0.272 e. The van der Waals surface area contributed by atoms with Crippen molar-refractivity contribution in [1.29, 1.82) is 0 Å². The van der Waals surface area contributed by atoms with E-state index in [0.717, 1.165) is 55.8 Å². The summed E-state index contributed by atoms with van der Waals surface area (Å²) in [6.07, 6.45) is 10.5. The number of pyridine rings is 2. The number of hydrogen-bond acceptors (Lipinski definition) is 4. The first kappa shape index (κ1) is 19.5. The van der Waals surface area contributed by atoms with Crippen LogP contribution in [0.2, 0.25) is 0 Å². The normalized spacial score (nSPS) is 19.6. The molecule has 7 nitrogen and oxygen atoms in total. The molecule has 6 rings (SSSR count). The molecular weight excluding hydrogens is 402 g/mol. The van der Waals surface area contributed by atoms with Crippen LogP contribution in [0.4, 0.5) is 0 Å². The van der Waals surface area contributed by atoms with Crippen molar-refractivity contribution >= 4 is 17.3 Å². The highest BCUT2D eigenvalue weighted by Gasteiger charge is 2.49. The smallest absolute Gasteiger partial charge is 0.272 e. The number of rotatable bonds is 3. The molecule has 3 aromatic heterocycles. The lowest BCUT2D eigenvalue weighted by atomic mass is 9.63. The Morgan fingerprint density at radius 1 is 0.844 bits per heavy atom. The van der Waals surface area contributed by atoms with Gasteiger partial charge >= 0.3 is 0 Å². The molecule has 0 radical (unpaired) electrons. The molecule has 3 fully saturated rings. The van der Waals surface area contributed by atoms with Crippen molar-refractivity contribution in [3.05, 3.63) is 54.0 Å². The van der Waals surface area contributed by atoms with Gasteiger partial charge in [-0.3, -0.25) is 14.6 Å². The molecule has 2 aliphatic heterocycles. The first-order valence-electron chi connectivity index (χ1n) is 11.7. The number of amides is 2. The predicted octanol–water partition coefficient (Wildman–Crippen LogP) is 3.65. The minimum atomic E-state index is 0.0146. The number of hydrogen-bond donors (Lipinski definition) is 0. The highest BCUT2D eigenvalue weighted by atomic mass is 16.2. The van der Waals surface area contributed by atoms with Crippen molar-refractivity contribution in [2.45, 2.75) is 38.5 Å². The summed E-state index contributed by atoms with van der Waals surface area (Å²) in [4.78, 5) is 34.1. The molecule has 0 bridgehead atoms. The molecule has 7 heteroatoms. The first-order chi connectivity index (χ1) is 15.6. The molecular formula is C25H27N5O2. The molecule has 0 unspecified atom stereocenters. The van der Waals surface area contributed by atoms with E-state index in [-0.39, 0.29) is 11.8 Å². The van der Waals surface area contributed by atoms with Crippen LogP contribution in [0.1, 0.15) is 59.4 Å². The molecule has 0 N–H and O–H groups in total. The van der Waals surface area contributed by atoms with E-state index in [4.69, 9.17) is 0 Å². The minimum absolute atomic E-state index is 0.0146. The van der Waals surface area contributed by atoms with Crippen LogP contribution in [0, 0.1) is 5.41 Å². The summed E-state index contributed by atoms with van der Waals surface area (Å²) in [5.74, 6) is 0.0653. The third-order valence-electron chi connectivity index (χ3n) is 7.45. The van der Waals surface area contributed by atoms with Crippen LogP contribution in [0.5, 0.6) is 0 Å². The van der Waals surface area contributed by atoms with E-state index in [1.54, 1.807) is 23.0 Å². The average Bonchev–Trinajstić information content (AvgIpc) is 3.21. The molecule has 3 aliphatic rings. The fraction of sp³-hybridized carbons (Fsp3) is 0.440. The van der Waals surface area contributed by atoms with Gasteiger partial charge in [0, 0.05) is 43.4 Å². The van der Waals surface area contributed by atoms with Crippen LogP contribution in [0.15, 0.2) is 42.7 Å². The maximum atomic E-state index is 13.0. The third-order valence-corrected chi connectivity index (χ3v) is 7.45. The highest BCUT2D eigenvalue weighted by molar-refractivity contribution is 6.01. The van der Waals surface area contributed by atoms with Crippen molar-refractivity contribution in [3.63, 3.8) is 0 Å². The number of nitrogens with zero attached hydrogens (tertiary/aromatic N) is 5. The molecule has 1 saturated carbocycles. The number of likely N-dealkylation sites (tertiary alicyclic amines) is 2. The van der Waals surface area contributed by atoms with Gasteiger partial charge in [-0.1, -0.05) is 12.5 Å². The lowest BCUT2D eigenvalue weighted by Gasteiger charge is -2.55. The lowest BCUT2D eigenvalue weighted by Crippen LogP contribution is -2.61. The lowest BCUT2D eigenvalue weighted by molar-refractivity contribution is -0.0429. The Hall–Kier alpha value is -3.22. The van der Waals surface area contributed by atoms with Crippen molar-refractivity contribution in [1.82, 2.24) is 24.4 Å². The summed E-state index contributed by atoms with van der Waals surface area (Å²) >= 11 is 0. The van der Waals surface area contributed by atoms with Gasteiger partial charge in [0.2, 0.25) is 0 Å². The Balaban J connectivity index is 1.24. The fourth-order valence-electron chi connectivity index (χ4n) is 5.40. The standard InChI is InChI=1S/C25H27N5O2/c31-23(28-12-2-1-3-13-28)19-15-27-30-21(6-4-7-22(19)30)18-8-9-20(26-14-18)24(32)29-16-25(17-29)10-5-11-25/h4,6-9,14-15H,1-3,5,10-13,16-17H2. The Labute approximate surface area is 187 Å². The summed E-state index contributed by atoms with van der Waals surface area (Å²) in [5.41, 5.74) is 4.04. The van der Waals surface area contributed by atoms with E-state index in [1.807, 2.05) is 34.1 Å². The van der Waals surface area contributed by atoms with Crippen molar-refractivity contribution in [3.8, 4) is 11.3 Å². The zero-order chi connectivity index (χ0) is 21.7. The molecule has 164 valence electrons. The highest BCUT2D eigenvalue weighted by Crippen LogP contribution is 2.48. The van der Waals surface area contributed by atoms with E-state index in [2.05, 4.69) is 10.1 Å². The van der Waals surface area contributed by atoms with E-state index < -0.39 is 0 Å². The van der Waals surface area contributed by atoms with Gasteiger partial charge in [-0.2, -0.15) is 5.10 Å². The van der Waals surface area contributed by atoms with E-state index in [1.165, 1.54) is 25.7 Å². The van der Waals surface area contributed by atoms with E-state index in [0.29, 0.717) is 16.7 Å². The number of carbonyl (C=O) groups excluding carboxylic acids is 2. The Bertz CT molecular complexity index is 1180. The largest absolute Gasteiger partial charge is 0.339 e. The second kappa shape index (κ2) is 7.43. The van der Waals surface area contributed by atoms with Gasteiger partial charge < -0.3 is 9.80 Å². The molecule has 1 aliphatic carbocycles. The predicted molar refractivity (Wildman–Crippen MR) is 120 cm³/mol. The maximum absolute atomic E-state index is 13.0. The van der Waals surface area contributed by atoms with Gasteiger partial charge in [0.25, 0.3) is 11.8 Å². The Morgan fingerprint density at radius 3 is 2.34 bits per heavy atom. The van der Waals surface area contributed by atoms with Gasteiger partial charge in [0.1, 0.15) is 5.69 Å². The monoisotopic (exact) mass is 429 g/mol. The molecule has 32 heavy (non-hydrogen) atoms. The summed E-state index contributed by atoms with van der Waals surface area (Å²) in [6.45, 7) is 3.37. The van der Waals surface area contributed by atoms with Gasteiger partial charge in [0.15, 0.2) is 0 Å². The molecule has 0 atom stereocenters. The van der Waals surface area contributed by atoms with Gasteiger partial charge in [0.05, 0.1) is 23.0 Å². The van der Waals surface area contributed by atoms with Crippen molar-refractivity contribution in [2.75, 3.05) is 26.2 Å². The summed E-state index contributed by atoms with van der Waals surface area (Å²) in [5, 5.41) is 4.52. The minimum Gasteiger partial charge on any atom is -0.339 e. The van der Waals surface area contributed by atoms with Crippen LogP contribution in [-0.2, 0) is 0 Å². The van der Waals surface area contributed by atoms with Crippen molar-refractivity contribution < 1.29 is 9.59 Å². The van der Waals surface area contributed by atoms with Crippen LogP contribution in [0.3, 0.4) is 0 Å². The number of carbonyl (C=O) groups is 2. The Morgan fingerprint density at radius 2 is 1.66 bits per heavy atom. The molecule has 0 aromatic carbocycles. The molecule has 2 amide bonds. The molecule has 5 heterocycles. The number of fused-ring (bicyclic) bond motifs is 1. The van der Waals surface area contributed by atoms with Gasteiger partial charge in [-0.25, -0.2) is 4.52 Å². The summed E-state index contributed by atoms with van der Waals surface area (Å²) < 4.78 is 1.80. The molecule has 3 aromatic rings. The SMILES string of the molecule is O=C(c1ccc(-c2cccc3c(C(=O)N4CCCCC4)cnn23)cn1)N1CC2(CCC2)C1. The third kappa shape index (κ3) is 3.10. The Kier molecular flexibility index (Phi) is 4.52. The van der Waals surface area contributed by atoms with E-state index in [9.17, 15) is 9.59 Å². The first-order valence-corrected chi connectivity index (χ1v) is 11.7. The average molecular weight is 430 g/mol. The van der Waals surface area contributed by atoms with Crippen molar-refractivity contribution in [2.24, 2.45) is 5.41 Å². The second-order valence-electron chi connectivity index (χ2n) is 9.57. The summed E-state index contributed by atoms with van der Waals surface area (Å²) in [6, 6.07) is 9.55. The molecule has 1 spiro atoms. The van der Waals surface area contributed by atoms with Crippen LogP contribution in [-0.4, -0.2) is 62.4 Å². The van der Waals surface area contributed by atoms with Gasteiger partial charge in [-0.05, 0) is 56.4 Å². The van der Waals surface area contributed by atoms with Crippen LogP contribution < -0.4 is 0 Å². The second-order valence-corrected chi connectivity index (χ2v) is 9.57. The quantitative estimate of drug-likeness (QED) is 0.637. The topological polar surface area (TPSA) is 70.8 Å². The fourth-order valence-corrected chi connectivity index (χ4v) is 5.40. The molecule has 2 saturated heterocycles.